The molecular weight excluding hydrogens is 346 g/mol. The second kappa shape index (κ2) is 6.24. The molecule has 0 aliphatic carbocycles. The third-order valence-corrected chi connectivity index (χ3v) is 5.33. The summed E-state index contributed by atoms with van der Waals surface area (Å²) in [4.78, 5) is 11.0. The van der Waals surface area contributed by atoms with Crippen molar-refractivity contribution in [2.45, 2.75) is 38.1 Å². The Hall–Kier alpha value is -0.920. The van der Waals surface area contributed by atoms with Gasteiger partial charge in [0, 0.05) is 10.5 Å². The number of rotatable bonds is 5. The summed E-state index contributed by atoms with van der Waals surface area (Å²) in [7, 11) is -3.78. The Morgan fingerprint density at radius 2 is 1.90 bits per heavy atom. The smallest absolute Gasteiger partial charge is 0.304 e. The van der Waals surface area contributed by atoms with Crippen molar-refractivity contribution in [2.75, 3.05) is 0 Å². The Balaban J connectivity index is 3.10. The van der Waals surface area contributed by atoms with Gasteiger partial charge in [-0.3, -0.25) is 4.79 Å². The van der Waals surface area contributed by atoms with Crippen LogP contribution in [0.5, 0.6) is 0 Å². The molecule has 0 aliphatic rings. The molecule has 1 rings (SSSR count). The van der Waals surface area contributed by atoms with Crippen LogP contribution in [-0.4, -0.2) is 25.5 Å². The SMILES string of the molecule is CC(C)(C)C(CC(=O)O)NS(=O)(=O)c1ccccc1Br. The van der Waals surface area contributed by atoms with Gasteiger partial charge in [0.1, 0.15) is 0 Å². The van der Waals surface area contributed by atoms with Crippen LogP contribution in [0.2, 0.25) is 0 Å². The first-order valence-electron chi connectivity index (χ1n) is 6.02. The Kier molecular flexibility index (Phi) is 5.34. The summed E-state index contributed by atoms with van der Waals surface area (Å²) >= 11 is 3.19. The van der Waals surface area contributed by atoms with E-state index in [2.05, 4.69) is 20.7 Å². The van der Waals surface area contributed by atoms with Crippen LogP contribution in [0.3, 0.4) is 0 Å². The highest BCUT2D eigenvalue weighted by Crippen LogP contribution is 2.26. The second-order valence-corrected chi connectivity index (χ2v) is 8.10. The van der Waals surface area contributed by atoms with Gasteiger partial charge in [-0.1, -0.05) is 32.9 Å². The van der Waals surface area contributed by atoms with Crippen molar-refractivity contribution in [3.63, 3.8) is 0 Å². The van der Waals surface area contributed by atoms with Crippen molar-refractivity contribution < 1.29 is 18.3 Å². The van der Waals surface area contributed by atoms with Gasteiger partial charge in [-0.25, -0.2) is 13.1 Å². The minimum Gasteiger partial charge on any atom is -0.481 e. The van der Waals surface area contributed by atoms with Gasteiger partial charge in [0.05, 0.1) is 11.3 Å². The van der Waals surface area contributed by atoms with Gasteiger partial charge in [0.25, 0.3) is 0 Å². The zero-order valence-electron chi connectivity index (χ0n) is 11.6. The molecule has 0 fully saturated rings. The molecule has 1 aromatic carbocycles. The molecule has 7 heteroatoms. The van der Waals surface area contributed by atoms with E-state index in [-0.39, 0.29) is 11.3 Å². The molecular formula is C13H18BrNO4S. The van der Waals surface area contributed by atoms with Gasteiger partial charge in [0.2, 0.25) is 10.0 Å². The molecule has 0 radical (unpaired) electrons. The van der Waals surface area contributed by atoms with Crippen LogP contribution in [0.25, 0.3) is 0 Å². The standard InChI is InChI=1S/C13H18BrNO4S/c1-13(2,3)11(8-12(16)17)15-20(18,19)10-7-5-4-6-9(10)14/h4-7,11,15H,8H2,1-3H3,(H,16,17). The summed E-state index contributed by atoms with van der Waals surface area (Å²) in [6.07, 6.45) is -0.271. The monoisotopic (exact) mass is 363 g/mol. The lowest BCUT2D eigenvalue weighted by Crippen LogP contribution is -2.45. The van der Waals surface area contributed by atoms with E-state index in [4.69, 9.17) is 5.11 Å². The molecule has 0 bridgehead atoms. The minimum absolute atomic E-state index is 0.0969. The summed E-state index contributed by atoms with van der Waals surface area (Å²) in [5.74, 6) is -1.04. The maximum atomic E-state index is 12.4. The number of carbonyl (C=O) groups is 1. The number of carboxylic acids is 1. The molecule has 0 aromatic heterocycles. The first-order chi connectivity index (χ1) is 9.04. The van der Waals surface area contributed by atoms with Gasteiger partial charge in [-0.2, -0.15) is 0 Å². The van der Waals surface area contributed by atoms with E-state index in [9.17, 15) is 13.2 Å². The number of benzene rings is 1. The Morgan fingerprint density at radius 3 is 2.35 bits per heavy atom. The molecule has 1 aromatic rings. The van der Waals surface area contributed by atoms with Crippen molar-refractivity contribution >= 4 is 31.9 Å². The lowest BCUT2D eigenvalue weighted by atomic mass is 9.85. The van der Waals surface area contributed by atoms with Crippen molar-refractivity contribution in [2.24, 2.45) is 5.41 Å². The number of nitrogens with one attached hydrogen (secondary N) is 1. The van der Waals surface area contributed by atoms with Crippen molar-refractivity contribution in [3.05, 3.63) is 28.7 Å². The number of carboxylic acid groups (broad SMARTS) is 1. The topological polar surface area (TPSA) is 83.5 Å². The van der Waals surface area contributed by atoms with Gasteiger partial charge in [-0.05, 0) is 33.5 Å². The number of aliphatic carboxylic acids is 1. The molecule has 0 heterocycles. The van der Waals surface area contributed by atoms with E-state index < -0.39 is 27.4 Å². The summed E-state index contributed by atoms with van der Waals surface area (Å²) in [5.41, 5.74) is -0.507. The fraction of sp³-hybridized carbons (Fsp3) is 0.462. The molecule has 112 valence electrons. The zero-order valence-corrected chi connectivity index (χ0v) is 14.0. The largest absolute Gasteiger partial charge is 0.481 e. The predicted octanol–water partition coefficient (Wildman–Crippen LogP) is 2.62. The third kappa shape index (κ3) is 4.57. The number of halogens is 1. The summed E-state index contributed by atoms with van der Waals surface area (Å²) in [5, 5.41) is 8.93. The lowest BCUT2D eigenvalue weighted by Gasteiger charge is -2.30. The van der Waals surface area contributed by atoms with Crippen LogP contribution < -0.4 is 4.72 Å². The van der Waals surface area contributed by atoms with Crippen LogP contribution in [0.1, 0.15) is 27.2 Å². The Bertz CT molecular complexity index is 593. The van der Waals surface area contributed by atoms with Gasteiger partial charge in [-0.15, -0.1) is 0 Å². The van der Waals surface area contributed by atoms with E-state index >= 15 is 0 Å². The molecule has 0 saturated carbocycles. The van der Waals surface area contributed by atoms with E-state index in [1.807, 2.05) is 0 Å². The van der Waals surface area contributed by atoms with Crippen LogP contribution in [0.15, 0.2) is 33.6 Å². The normalized spacial score (nSPS) is 14.0. The molecule has 5 nitrogen and oxygen atoms in total. The highest BCUT2D eigenvalue weighted by molar-refractivity contribution is 9.10. The Labute approximate surface area is 127 Å². The molecule has 2 N–H and O–H groups in total. The van der Waals surface area contributed by atoms with Gasteiger partial charge >= 0.3 is 5.97 Å². The average Bonchev–Trinajstić information content (AvgIpc) is 2.26. The average molecular weight is 364 g/mol. The second-order valence-electron chi connectivity index (χ2n) is 5.57. The van der Waals surface area contributed by atoms with E-state index in [0.717, 1.165) is 0 Å². The molecule has 0 spiro atoms. The van der Waals surface area contributed by atoms with Crippen molar-refractivity contribution in [1.29, 1.82) is 0 Å². The molecule has 20 heavy (non-hydrogen) atoms. The first-order valence-corrected chi connectivity index (χ1v) is 8.30. The highest BCUT2D eigenvalue weighted by atomic mass is 79.9. The zero-order chi connectivity index (χ0) is 15.6. The van der Waals surface area contributed by atoms with E-state index in [1.165, 1.54) is 6.07 Å². The quantitative estimate of drug-likeness (QED) is 0.841. The van der Waals surface area contributed by atoms with Crippen LogP contribution >= 0.6 is 15.9 Å². The minimum atomic E-state index is -3.78. The molecule has 0 saturated heterocycles. The number of hydrogen-bond donors (Lipinski definition) is 2. The first kappa shape index (κ1) is 17.1. The maximum Gasteiger partial charge on any atom is 0.304 e. The predicted molar refractivity (Wildman–Crippen MR) is 80.0 cm³/mol. The van der Waals surface area contributed by atoms with Crippen molar-refractivity contribution in [1.82, 2.24) is 4.72 Å². The highest BCUT2D eigenvalue weighted by Gasteiger charge is 2.32. The lowest BCUT2D eigenvalue weighted by molar-refractivity contribution is -0.138. The third-order valence-electron chi connectivity index (χ3n) is 2.85. The van der Waals surface area contributed by atoms with E-state index in [1.54, 1.807) is 39.0 Å². The number of hydrogen-bond acceptors (Lipinski definition) is 3. The molecule has 1 unspecified atom stereocenters. The fourth-order valence-corrected chi connectivity index (χ4v) is 4.06. The summed E-state index contributed by atoms with van der Waals surface area (Å²) < 4.78 is 27.6. The van der Waals surface area contributed by atoms with E-state index in [0.29, 0.717) is 4.47 Å². The fourth-order valence-electron chi connectivity index (χ4n) is 1.61. The van der Waals surface area contributed by atoms with Gasteiger partial charge < -0.3 is 5.11 Å². The maximum absolute atomic E-state index is 12.4. The van der Waals surface area contributed by atoms with Gasteiger partial charge in [0.15, 0.2) is 0 Å². The van der Waals surface area contributed by atoms with Crippen LogP contribution in [0, 0.1) is 5.41 Å². The van der Waals surface area contributed by atoms with Crippen molar-refractivity contribution in [3.8, 4) is 0 Å². The number of sulfonamides is 1. The molecule has 0 aliphatic heterocycles. The molecule has 1 atom stereocenters. The molecule has 0 amide bonds. The summed E-state index contributed by atoms with van der Waals surface area (Å²) in [6, 6.07) is 5.71. The van der Waals surface area contributed by atoms with Crippen LogP contribution in [0.4, 0.5) is 0 Å². The van der Waals surface area contributed by atoms with Crippen LogP contribution in [-0.2, 0) is 14.8 Å². The Morgan fingerprint density at radius 1 is 1.35 bits per heavy atom. The summed E-state index contributed by atoms with van der Waals surface area (Å²) in [6.45, 7) is 5.38.